The summed E-state index contributed by atoms with van der Waals surface area (Å²) in [5, 5.41) is 0. The molecule has 0 bridgehead atoms. The number of hydrogen-bond donors (Lipinski definition) is 0. The molecular weight excluding hydrogens is 194 g/mol. The second kappa shape index (κ2) is 5.81. The van der Waals surface area contributed by atoms with Gasteiger partial charge in [-0.25, -0.2) is 8.78 Å². The number of halogens is 2. The Balaban J connectivity index is 4.03. The lowest BCUT2D eigenvalue weighted by Crippen LogP contribution is -2.29. The quantitative estimate of drug-likeness (QED) is 0.562. The van der Waals surface area contributed by atoms with Crippen LogP contribution >= 0.6 is 0 Å². The number of hydrogen-bond acceptors (Lipinski definition) is 0. The summed E-state index contributed by atoms with van der Waals surface area (Å²) in [6.45, 7) is 9.11. The first-order valence-electron chi connectivity index (χ1n) is 6.15. The topological polar surface area (TPSA) is 0 Å². The van der Waals surface area contributed by atoms with Crippen LogP contribution in [0.15, 0.2) is 0 Å². The van der Waals surface area contributed by atoms with Gasteiger partial charge in [-0.05, 0) is 44.9 Å². The summed E-state index contributed by atoms with van der Waals surface area (Å²) in [5.41, 5.74) is -2.23. The van der Waals surface area contributed by atoms with Crippen molar-refractivity contribution in [3.8, 4) is 0 Å². The smallest absolute Gasteiger partial charge is 0.113 e. The molecule has 0 amide bonds. The molecule has 2 atom stereocenters. The van der Waals surface area contributed by atoms with E-state index in [1.165, 1.54) is 0 Å². The van der Waals surface area contributed by atoms with Gasteiger partial charge in [0.25, 0.3) is 0 Å². The summed E-state index contributed by atoms with van der Waals surface area (Å²) in [7, 11) is 0. The first-order chi connectivity index (χ1) is 6.77. The summed E-state index contributed by atoms with van der Waals surface area (Å²) >= 11 is 0. The van der Waals surface area contributed by atoms with Gasteiger partial charge in [0.05, 0.1) is 0 Å². The van der Waals surface area contributed by atoms with Gasteiger partial charge in [0.2, 0.25) is 0 Å². The summed E-state index contributed by atoms with van der Waals surface area (Å²) in [5.74, 6) is 0.0231. The molecule has 2 unspecified atom stereocenters. The van der Waals surface area contributed by atoms with E-state index < -0.39 is 11.3 Å². The molecular formula is C13H26F2. The van der Waals surface area contributed by atoms with E-state index >= 15 is 0 Å². The van der Waals surface area contributed by atoms with Crippen LogP contribution in [-0.2, 0) is 0 Å². The zero-order valence-electron chi connectivity index (χ0n) is 10.9. The van der Waals surface area contributed by atoms with Gasteiger partial charge in [-0.3, -0.25) is 0 Å². The van der Waals surface area contributed by atoms with Gasteiger partial charge in [-0.2, -0.15) is 0 Å². The average Bonchev–Trinajstić information content (AvgIpc) is 2.17. The van der Waals surface area contributed by atoms with Crippen LogP contribution in [0.4, 0.5) is 8.78 Å². The molecule has 0 saturated heterocycles. The van der Waals surface area contributed by atoms with Crippen LogP contribution < -0.4 is 0 Å². The van der Waals surface area contributed by atoms with Gasteiger partial charge < -0.3 is 0 Å². The molecule has 0 spiro atoms. The van der Waals surface area contributed by atoms with E-state index in [9.17, 15) is 8.78 Å². The fraction of sp³-hybridized carbons (Fsp3) is 1.00. The zero-order chi connectivity index (χ0) is 12.1. The van der Waals surface area contributed by atoms with E-state index in [2.05, 4.69) is 0 Å². The summed E-state index contributed by atoms with van der Waals surface area (Å²) in [6, 6.07) is 0. The molecule has 2 heteroatoms. The first-order valence-corrected chi connectivity index (χ1v) is 6.15. The van der Waals surface area contributed by atoms with Crippen molar-refractivity contribution < 1.29 is 8.78 Å². The largest absolute Gasteiger partial charge is 0.244 e. The Labute approximate surface area is 93.4 Å². The summed E-state index contributed by atoms with van der Waals surface area (Å²) in [6.07, 6.45) is 2.64. The Bertz CT molecular complexity index is 175. The minimum absolute atomic E-state index is 0.0231. The third-order valence-corrected chi connectivity index (χ3v) is 3.65. The van der Waals surface area contributed by atoms with Crippen molar-refractivity contribution in [1.82, 2.24) is 0 Å². The molecule has 0 radical (unpaired) electrons. The molecule has 15 heavy (non-hydrogen) atoms. The number of alkyl halides is 2. The Hall–Kier alpha value is -0.140. The SMILES string of the molecule is CCC(C)(F)CCCC(F)(CC)C(C)C. The third-order valence-electron chi connectivity index (χ3n) is 3.65. The second-order valence-corrected chi connectivity index (χ2v) is 5.16. The Morgan fingerprint density at radius 2 is 1.53 bits per heavy atom. The monoisotopic (exact) mass is 220 g/mol. The molecule has 0 aromatic heterocycles. The van der Waals surface area contributed by atoms with Crippen LogP contribution in [0, 0.1) is 5.92 Å². The molecule has 0 aliphatic carbocycles. The Morgan fingerprint density at radius 3 is 1.87 bits per heavy atom. The van der Waals surface area contributed by atoms with Gasteiger partial charge in [0, 0.05) is 0 Å². The molecule has 0 fully saturated rings. The van der Waals surface area contributed by atoms with Crippen molar-refractivity contribution in [1.29, 1.82) is 0 Å². The maximum atomic E-state index is 14.2. The van der Waals surface area contributed by atoms with Crippen molar-refractivity contribution in [3.05, 3.63) is 0 Å². The average molecular weight is 220 g/mol. The van der Waals surface area contributed by atoms with Gasteiger partial charge in [0.1, 0.15) is 11.3 Å². The van der Waals surface area contributed by atoms with Gasteiger partial charge in [0.15, 0.2) is 0 Å². The van der Waals surface area contributed by atoms with E-state index in [4.69, 9.17) is 0 Å². The molecule has 0 aliphatic rings. The first kappa shape index (κ1) is 14.9. The van der Waals surface area contributed by atoms with Crippen LogP contribution in [0.1, 0.15) is 66.7 Å². The molecule has 0 aliphatic heterocycles. The van der Waals surface area contributed by atoms with Crippen LogP contribution in [0.5, 0.6) is 0 Å². The van der Waals surface area contributed by atoms with Crippen molar-refractivity contribution in [2.24, 2.45) is 5.92 Å². The van der Waals surface area contributed by atoms with Crippen molar-refractivity contribution in [2.45, 2.75) is 78.1 Å². The molecule has 0 nitrogen and oxygen atoms in total. The van der Waals surface area contributed by atoms with Crippen LogP contribution in [0.25, 0.3) is 0 Å². The molecule has 0 aromatic carbocycles. The van der Waals surface area contributed by atoms with Crippen molar-refractivity contribution in [3.63, 3.8) is 0 Å². The predicted molar refractivity (Wildman–Crippen MR) is 62.6 cm³/mol. The van der Waals surface area contributed by atoms with Gasteiger partial charge in [-0.1, -0.05) is 27.7 Å². The van der Waals surface area contributed by atoms with Crippen LogP contribution in [0.3, 0.4) is 0 Å². The van der Waals surface area contributed by atoms with Crippen molar-refractivity contribution in [2.75, 3.05) is 0 Å². The van der Waals surface area contributed by atoms with Crippen molar-refractivity contribution >= 4 is 0 Å². The Morgan fingerprint density at radius 1 is 1.00 bits per heavy atom. The lowest BCUT2D eigenvalue weighted by atomic mass is 9.83. The fourth-order valence-electron chi connectivity index (χ4n) is 1.80. The van der Waals surface area contributed by atoms with Crippen LogP contribution in [-0.4, -0.2) is 11.3 Å². The van der Waals surface area contributed by atoms with Gasteiger partial charge in [-0.15, -0.1) is 0 Å². The molecule has 0 heterocycles. The molecule has 0 saturated carbocycles. The fourth-order valence-corrected chi connectivity index (χ4v) is 1.80. The minimum Gasteiger partial charge on any atom is -0.244 e. The van der Waals surface area contributed by atoms with E-state index in [-0.39, 0.29) is 5.92 Å². The minimum atomic E-state index is -1.12. The molecule has 0 aromatic rings. The predicted octanol–water partition coefficient (Wildman–Crippen LogP) is 5.07. The van der Waals surface area contributed by atoms with E-state index in [1.54, 1.807) is 6.92 Å². The van der Waals surface area contributed by atoms with Crippen LogP contribution in [0.2, 0.25) is 0 Å². The highest BCUT2D eigenvalue weighted by molar-refractivity contribution is 4.82. The lowest BCUT2D eigenvalue weighted by Gasteiger charge is -2.29. The number of rotatable bonds is 7. The molecule has 0 rings (SSSR count). The van der Waals surface area contributed by atoms with E-state index in [1.807, 2.05) is 27.7 Å². The Kier molecular flexibility index (Phi) is 5.76. The highest BCUT2D eigenvalue weighted by atomic mass is 19.1. The van der Waals surface area contributed by atoms with E-state index in [0.29, 0.717) is 32.1 Å². The lowest BCUT2D eigenvalue weighted by molar-refractivity contribution is 0.0710. The second-order valence-electron chi connectivity index (χ2n) is 5.16. The standard InChI is InChI=1S/C13H26F2/c1-6-12(5,14)9-8-10-13(15,7-2)11(3)4/h11H,6-10H2,1-5H3. The molecule has 0 N–H and O–H groups in total. The normalized spacial score (nSPS) is 20.0. The maximum absolute atomic E-state index is 14.2. The molecule has 92 valence electrons. The summed E-state index contributed by atoms with van der Waals surface area (Å²) in [4.78, 5) is 0. The zero-order valence-corrected chi connectivity index (χ0v) is 10.9. The third kappa shape index (κ3) is 4.94. The maximum Gasteiger partial charge on any atom is 0.113 e. The highest BCUT2D eigenvalue weighted by Crippen LogP contribution is 2.33. The highest BCUT2D eigenvalue weighted by Gasteiger charge is 2.32. The summed E-state index contributed by atoms with van der Waals surface area (Å²) < 4.78 is 27.8. The van der Waals surface area contributed by atoms with E-state index in [0.717, 1.165) is 0 Å². The van der Waals surface area contributed by atoms with Gasteiger partial charge >= 0.3 is 0 Å².